The summed E-state index contributed by atoms with van der Waals surface area (Å²) in [5, 5.41) is 0. The van der Waals surface area contributed by atoms with Gasteiger partial charge in [0.2, 0.25) is 0 Å². The first-order valence-corrected chi connectivity index (χ1v) is 25.2. The van der Waals surface area contributed by atoms with E-state index in [0.717, 1.165) is 77.0 Å². The molecule has 58 heavy (non-hydrogen) atoms. The van der Waals surface area contributed by atoms with Crippen LogP contribution in [0.3, 0.4) is 0 Å². The highest BCUT2D eigenvalue weighted by molar-refractivity contribution is 5.70. The van der Waals surface area contributed by atoms with Crippen LogP contribution in [0.1, 0.15) is 252 Å². The number of carbonyl (C=O) groups excluding carboxylic acids is 2. The Morgan fingerprint density at radius 1 is 0.397 bits per heavy atom. The van der Waals surface area contributed by atoms with Gasteiger partial charge in [0, 0.05) is 19.4 Å². The lowest BCUT2D eigenvalue weighted by Crippen LogP contribution is -2.30. The van der Waals surface area contributed by atoms with Gasteiger partial charge in [-0.1, -0.05) is 211 Å². The smallest absolute Gasteiger partial charge is 0.306 e. The fraction of sp³-hybridized carbons (Fsp3) is 0.811. The average Bonchev–Trinajstić information content (AvgIpc) is 3.22. The second-order valence-electron chi connectivity index (χ2n) is 16.7. The van der Waals surface area contributed by atoms with Crippen LogP contribution in [0.5, 0.6) is 0 Å². The molecule has 0 saturated carbocycles. The van der Waals surface area contributed by atoms with Crippen molar-refractivity contribution in [1.82, 2.24) is 0 Å². The van der Waals surface area contributed by atoms with E-state index in [4.69, 9.17) is 14.2 Å². The quantitative estimate of drug-likeness (QED) is 0.0348. The lowest BCUT2D eigenvalue weighted by molar-refractivity contribution is -0.163. The molecule has 5 heteroatoms. The first-order valence-electron chi connectivity index (χ1n) is 25.2. The van der Waals surface area contributed by atoms with Gasteiger partial charge in [0.05, 0.1) is 6.61 Å². The third-order valence-corrected chi connectivity index (χ3v) is 10.8. The summed E-state index contributed by atoms with van der Waals surface area (Å²) >= 11 is 0. The van der Waals surface area contributed by atoms with Crippen molar-refractivity contribution in [2.75, 3.05) is 19.8 Å². The van der Waals surface area contributed by atoms with Gasteiger partial charge < -0.3 is 14.2 Å². The minimum absolute atomic E-state index is 0.0784. The molecule has 0 aliphatic carbocycles. The lowest BCUT2D eigenvalue weighted by Gasteiger charge is -2.18. The molecule has 5 nitrogen and oxygen atoms in total. The highest BCUT2D eigenvalue weighted by Gasteiger charge is 2.17. The molecular formula is C53H96O5. The summed E-state index contributed by atoms with van der Waals surface area (Å²) in [6.45, 7) is 7.69. The van der Waals surface area contributed by atoms with E-state index < -0.39 is 6.10 Å². The van der Waals surface area contributed by atoms with Gasteiger partial charge in [-0.25, -0.2) is 0 Å². The molecular weight excluding hydrogens is 717 g/mol. The summed E-state index contributed by atoms with van der Waals surface area (Å²) in [6, 6.07) is 0. The lowest BCUT2D eigenvalue weighted by atomic mass is 10.0. The van der Waals surface area contributed by atoms with Crippen molar-refractivity contribution in [1.29, 1.82) is 0 Å². The zero-order valence-electron chi connectivity index (χ0n) is 38.8. The third-order valence-electron chi connectivity index (χ3n) is 10.8. The van der Waals surface area contributed by atoms with Gasteiger partial charge in [-0.2, -0.15) is 0 Å². The van der Waals surface area contributed by atoms with Gasteiger partial charge >= 0.3 is 11.9 Å². The predicted octanol–water partition coefficient (Wildman–Crippen LogP) is 16.8. The molecule has 0 spiro atoms. The second-order valence-corrected chi connectivity index (χ2v) is 16.7. The standard InChI is InChI=1S/C53H96O5/c1-4-7-10-13-16-19-22-25-26-27-30-33-36-39-42-45-48-56-49-51(58-53(55)47-44-41-38-35-32-29-24-21-18-15-12-9-6-3)50-57-52(54)46-43-40-37-34-31-28-23-20-17-14-11-8-5-2/h7,10,16,19-20,23,25-26,51H,4-6,8-9,11-15,17-18,21-22,24,27-50H2,1-3H3/b10-7-,19-16-,23-20-,26-25-. The molecule has 0 N–H and O–H groups in total. The Morgan fingerprint density at radius 3 is 1.28 bits per heavy atom. The molecule has 0 aromatic heterocycles. The monoisotopic (exact) mass is 813 g/mol. The van der Waals surface area contributed by atoms with Crippen LogP contribution >= 0.6 is 0 Å². The average molecular weight is 813 g/mol. The van der Waals surface area contributed by atoms with Gasteiger partial charge in [0.1, 0.15) is 6.61 Å². The summed E-state index contributed by atoms with van der Waals surface area (Å²) < 4.78 is 17.4. The van der Waals surface area contributed by atoms with Crippen molar-refractivity contribution in [3.8, 4) is 0 Å². The summed E-state index contributed by atoms with van der Waals surface area (Å²) in [5.74, 6) is -0.406. The van der Waals surface area contributed by atoms with Crippen LogP contribution in [0.2, 0.25) is 0 Å². The molecule has 0 aromatic rings. The molecule has 0 rings (SSSR count). The Kier molecular flexibility index (Phi) is 47.4. The fourth-order valence-electron chi connectivity index (χ4n) is 7.11. The highest BCUT2D eigenvalue weighted by Crippen LogP contribution is 2.15. The molecule has 0 aromatic carbocycles. The number of esters is 2. The van der Waals surface area contributed by atoms with Crippen molar-refractivity contribution in [2.24, 2.45) is 0 Å². The van der Waals surface area contributed by atoms with Crippen molar-refractivity contribution >= 4 is 11.9 Å². The number of rotatable bonds is 46. The topological polar surface area (TPSA) is 61.8 Å². The Bertz CT molecular complexity index is 966. The molecule has 338 valence electrons. The number of hydrogen-bond acceptors (Lipinski definition) is 5. The molecule has 0 saturated heterocycles. The number of unbranched alkanes of at least 4 members (excludes halogenated alkanes) is 27. The maximum atomic E-state index is 12.8. The molecule has 0 heterocycles. The van der Waals surface area contributed by atoms with E-state index in [1.54, 1.807) is 0 Å². The molecule has 0 fully saturated rings. The van der Waals surface area contributed by atoms with Crippen molar-refractivity contribution in [2.45, 2.75) is 258 Å². The van der Waals surface area contributed by atoms with E-state index in [1.165, 1.54) is 141 Å². The van der Waals surface area contributed by atoms with Gasteiger partial charge in [-0.15, -0.1) is 0 Å². The molecule has 0 aliphatic rings. The van der Waals surface area contributed by atoms with E-state index in [9.17, 15) is 9.59 Å². The zero-order valence-corrected chi connectivity index (χ0v) is 38.8. The van der Waals surface area contributed by atoms with Gasteiger partial charge in [0.25, 0.3) is 0 Å². The Morgan fingerprint density at radius 2 is 0.776 bits per heavy atom. The number of carbonyl (C=O) groups is 2. The minimum Gasteiger partial charge on any atom is -0.462 e. The van der Waals surface area contributed by atoms with E-state index in [0.29, 0.717) is 19.4 Å². The fourth-order valence-corrected chi connectivity index (χ4v) is 7.11. The Labute approximate surface area is 361 Å². The van der Waals surface area contributed by atoms with Gasteiger partial charge in [-0.3, -0.25) is 9.59 Å². The predicted molar refractivity (Wildman–Crippen MR) is 251 cm³/mol. The van der Waals surface area contributed by atoms with Crippen LogP contribution in [-0.4, -0.2) is 37.9 Å². The van der Waals surface area contributed by atoms with Gasteiger partial charge in [0.15, 0.2) is 6.10 Å². The first kappa shape index (κ1) is 55.9. The van der Waals surface area contributed by atoms with Crippen LogP contribution in [0.4, 0.5) is 0 Å². The van der Waals surface area contributed by atoms with Crippen molar-refractivity contribution in [3.05, 3.63) is 48.6 Å². The molecule has 0 amide bonds. The van der Waals surface area contributed by atoms with Crippen molar-refractivity contribution in [3.63, 3.8) is 0 Å². The summed E-state index contributed by atoms with van der Waals surface area (Å²) in [5.41, 5.74) is 0. The van der Waals surface area contributed by atoms with E-state index in [2.05, 4.69) is 69.4 Å². The minimum atomic E-state index is -0.542. The summed E-state index contributed by atoms with van der Waals surface area (Å²) in [7, 11) is 0. The zero-order chi connectivity index (χ0) is 42.1. The van der Waals surface area contributed by atoms with E-state index in [-0.39, 0.29) is 25.2 Å². The maximum absolute atomic E-state index is 12.8. The summed E-state index contributed by atoms with van der Waals surface area (Å²) in [6.07, 6.45) is 59.7. The van der Waals surface area contributed by atoms with Crippen LogP contribution in [-0.2, 0) is 23.8 Å². The maximum Gasteiger partial charge on any atom is 0.306 e. The van der Waals surface area contributed by atoms with E-state index >= 15 is 0 Å². The van der Waals surface area contributed by atoms with Crippen LogP contribution in [0.25, 0.3) is 0 Å². The molecule has 1 atom stereocenters. The highest BCUT2D eigenvalue weighted by atomic mass is 16.6. The summed E-state index contributed by atoms with van der Waals surface area (Å²) in [4.78, 5) is 25.3. The van der Waals surface area contributed by atoms with Gasteiger partial charge in [-0.05, 0) is 77.0 Å². The van der Waals surface area contributed by atoms with Crippen LogP contribution in [0, 0.1) is 0 Å². The molecule has 0 bridgehead atoms. The third kappa shape index (κ3) is 46.5. The van der Waals surface area contributed by atoms with Crippen molar-refractivity contribution < 1.29 is 23.8 Å². The molecule has 0 radical (unpaired) electrons. The number of allylic oxidation sites excluding steroid dienone is 8. The first-order chi connectivity index (χ1) is 28.6. The Hall–Kier alpha value is -2.14. The van der Waals surface area contributed by atoms with Crippen LogP contribution < -0.4 is 0 Å². The molecule has 0 aliphatic heterocycles. The molecule has 1 unspecified atom stereocenters. The van der Waals surface area contributed by atoms with E-state index in [1.807, 2.05) is 0 Å². The van der Waals surface area contributed by atoms with Crippen LogP contribution in [0.15, 0.2) is 48.6 Å². The normalized spacial score (nSPS) is 12.5. The number of hydrogen-bond donors (Lipinski definition) is 0. The SMILES string of the molecule is CC/C=C\C/C=C\C/C=C\CCCCCCCCOCC(COC(=O)CCCCCCC/C=C\CCCCCC)OC(=O)CCCCCCCCCCCCCCC. The Balaban J connectivity index is 4.28. The second kappa shape index (κ2) is 49.2. The largest absolute Gasteiger partial charge is 0.462 e. The number of ether oxygens (including phenoxy) is 3.